The standard InChI is InChI=1S/C17H35NO2/c1-14(2)13-18-9-7-5-6-8-10-19-17-11-15(3)20-16(4)12-17/h14-18H,5-13H2,1-4H3. The van der Waals surface area contributed by atoms with Crippen LogP contribution in [-0.4, -0.2) is 38.0 Å². The molecule has 120 valence electrons. The Hall–Kier alpha value is -0.120. The van der Waals surface area contributed by atoms with E-state index in [4.69, 9.17) is 9.47 Å². The van der Waals surface area contributed by atoms with Crippen LogP contribution in [0.5, 0.6) is 0 Å². The van der Waals surface area contributed by atoms with Crippen LogP contribution in [0.25, 0.3) is 0 Å². The first-order valence-corrected chi connectivity index (χ1v) is 8.55. The summed E-state index contributed by atoms with van der Waals surface area (Å²) in [7, 11) is 0. The summed E-state index contributed by atoms with van der Waals surface area (Å²) in [5.41, 5.74) is 0. The summed E-state index contributed by atoms with van der Waals surface area (Å²) in [5, 5.41) is 3.49. The van der Waals surface area contributed by atoms with Crippen LogP contribution in [0.3, 0.4) is 0 Å². The smallest absolute Gasteiger partial charge is 0.0624 e. The van der Waals surface area contributed by atoms with Gasteiger partial charge in [-0.25, -0.2) is 0 Å². The Bertz CT molecular complexity index is 223. The van der Waals surface area contributed by atoms with Crippen molar-refractivity contribution in [3.63, 3.8) is 0 Å². The molecule has 20 heavy (non-hydrogen) atoms. The van der Waals surface area contributed by atoms with Gasteiger partial charge in [0.05, 0.1) is 18.3 Å². The summed E-state index contributed by atoms with van der Waals surface area (Å²) in [6, 6.07) is 0. The zero-order valence-electron chi connectivity index (χ0n) is 14.0. The lowest BCUT2D eigenvalue weighted by Crippen LogP contribution is -2.34. The van der Waals surface area contributed by atoms with Crippen molar-refractivity contribution >= 4 is 0 Å². The van der Waals surface area contributed by atoms with Crippen molar-refractivity contribution in [3.8, 4) is 0 Å². The van der Waals surface area contributed by atoms with Crippen molar-refractivity contribution in [3.05, 3.63) is 0 Å². The van der Waals surface area contributed by atoms with Crippen molar-refractivity contribution in [2.24, 2.45) is 5.92 Å². The number of ether oxygens (including phenoxy) is 2. The van der Waals surface area contributed by atoms with Gasteiger partial charge < -0.3 is 14.8 Å². The average Bonchev–Trinajstić information content (AvgIpc) is 2.35. The SMILES string of the molecule is CC(C)CNCCCCCCOC1CC(C)OC(C)C1. The molecule has 1 aliphatic rings. The molecule has 2 unspecified atom stereocenters. The van der Waals surface area contributed by atoms with E-state index in [1.807, 2.05) is 0 Å². The fourth-order valence-corrected chi connectivity index (χ4v) is 2.83. The number of rotatable bonds is 10. The zero-order chi connectivity index (χ0) is 14.8. The molecule has 0 saturated carbocycles. The molecule has 0 amide bonds. The van der Waals surface area contributed by atoms with Crippen LogP contribution >= 0.6 is 0 Å². The van der Waals surface area contributed by atoms with E-state index < -0.39 is 0 Å². The molecule has 1 heterocycles. The molecule has 0 aliphatic carbocycles. The molecule has 1 fully saturated rings. The quantitative estimate of drug-likeness (QED) is 0.620. The maximum Gasteiger partial charge on any atom is 0.0624 e. The number of nitrogens with one attached hydrogen (secondary N) is 1. The lowest BCUT2D eigenvalue weighted by molar-refractivity contribution is -0.102. The van der Waals surface area contributed by atoms with E-state index in [1.165, 1.54) is 25.7 Å². The van der Waals surface area contributed by atoms with Gasteiger partial charge in [0.25, 0.3) is 0 Å². The first-order valence-electron chi connectivity index (χ1n) is 8.55. The molecule has 0 spiro atoms. The molecule has 3 heteroatoms. The van der Waals surface area contributed by atoms with Gasteiger partial charge in [-0.15, -0.1) is 0 Å². The topological polar surface area (TPSA) is 30.5 Å². The predicted molar refractivity (Wildman–Crippen MR) is 85.2 cm³/mol. The highest BCUT2D eigenvalue weighted by atomic mass is 16.5. The van der Waals surface area contributed by atoms with Gasteiger partial charge in [0, 0.05) is 6.61 Å². The third-order valence-corrected chi connectivity index (χ3v) is 3.81. The Morgan fingerprint density at radius 3 is 2.35 bits per heavy atom. The molecule has 1 N–H and O–H groups in total. The van der Waals surface area contributed by atoms with E-state index in [2.05, 4.69) is 33.0 Å². The van der Waals surface area contributed by atoms with Gasteiger partial charge in [-0.3, -0.25) is 0 Å². The zero-order valence-corrected chi connectivity index (χ0v) is 14.0. The van der Waals surface area contributed by atoms with Crippen molar-refractivity contribution in [1.82, 2.24) is 5.32 Å². The van der Waals surface area contributed by atoms with Gasteiger partial charge in [0.15, 0.2) is 0 Å². The summed E-state index contributed by atoms with van der Waals surface area (Å²) in [6.07, 6.45) is 8.34. The summed E-state index contributed by atoms with van der Waals surface area (Å²) in [5.74, 6) is 0.757. The van der Waals surface area contributed by atoms with Crippen LogP contribution in [0.4, 0.5) is 0 Å². The minimum atomic E-state index is 0.357. The van der Waals surface area contributed by atoms with Gasteiger partial charge >= 0.3 is 0 Å². The van der Waals surface area contributed by atoms with Crippen LogP contribution in [0, 0.1) is 5.92 Å². The molecule has 0 radical (unpaired) electrons. The van der Waals surface area contributed by atoms with Gasteiger partial charge in [0.2, 0.25) is 0 Å². The molecule has 2 atom stereocenters. The summed E-state index contributed by atoms with van der Waals surface area (Å²) >= 11 is 0. The molecule has 0 aromatic heterocycles. The second kappa shape index (κ2) is 10.6. The summed E-state index contributed by atoms with van der Waals surface area (Å²) in [4.78, 5) is 0. The number of hydrogen-bond donors (Lipinski definition) is 1. The maximum atomic E-state index is 5.99. The highest BCUT2D eigenvalue weighted by Gasteiger charge is 2.24. The molecule has 0 aromatic carbocycles. The highest BCUT2D eigenvalue weighted by molar-refractivity contribution is 4.73. The van der Waals surface area contributed by atoms with Crippen LogP contribution in [0.2, 0.25) is 0 Å². The van der Waals surface area contributed by atoms with Gasteiger partial charge in [-0.2, -0.15) is 0 Å². The Kier molecular flexibility index (Phi) is 9.49. The monoisotopic (exact) mass is 285 g/mol. The largest absolute Gasteiger partial charge is 0.378 e. The second-order valence-corrected chi connectivity index (χ2v) is 6.73. The molecule has 0 aromatic rings. The van der Waals surface area contributed by atoms with Crippen molar-refractivity contribution in [2.75, 3.05) is 19.7 Å². The number of hydrogen-bond acceptors (Lipinski definition) is 3. The molecule has 1 saturated heterocycles. The van der Waals surface area contributed by atoms with Crippen molar-refractivity contribution in [1.29, 1.82) is 0 Å². The lowest BCUT2D eigenvalue weighted by Gasteiger charge is -2.32. The second-order valence-electron chi connectivity index (χ2n) is 6.73. The predicted octanol–water partition coefficient (Wildman–Crippen LogP) is 3.77. The minimum absolute atomic E-state index is 0.357. The number of unbranched alkanes of at least 4 members (excludes halogenated alkanes) is 3. The van der Waals surface area contributed by atoms with Crippen LogP contribution in [0.1, 0.15) is 66.2 Å². The summed E-state index contributed by atoms with van der Waals surface area (Å²) in [6.45, 7) is 12.0. The van der Waals surface area contributed by atoms with E-state index >= 15 is 0 Å². The van der Waals surface area contributed by atoms with Gasteiger partial charge in [-0.05, 0) is 58.5 Å². The molecule has 3 nitrogen and oxygen atoms in total. The van der Waals surface area contributed by atoms with Gasteiger partial charge in [0.1, 0.15) is 0 Å². The molecule has 1 aliphatic heterocycles. The van der Waals surface area contributed by atoms with Crippen molar-refractivity contribution < 1.29 is 9.47 Å². The average molecular weight is 285 g/mol. The fourth-order valence-electron chi connectivity index (χ4n) is 2.83. The Labute approximate surface area is 125 Å². The molecular weight excluding hydrogens is 250 g/mol. The fraction of sp³-hybridized carbons (Fsp3) is 1.00. The first-order chi connectivity index (χ1) is 9.58. The minimum Gasteiger partial charge on any atom is -0.378 e. The lowest BCUT2D eigenvalue weighted by atomic mass is 10.0. The highest BCUT2D eigenvalue weighted by Crippen LogP contribution is 2.21. The Morgan fingerprint density at radius 1 is 1.05 bits per heavy atom. The van der Waals surface area contributed by atoms with Crippen LogP contribution < -0.4 is 5.32 Å². The van der Waals surface area contributed by atoms with E-state index in [-0.39, 0.29) is 0 Å². The van der Waals surface area contributed by atoms with Crippen molar-refractivity contribution in [2.45, 2.75) is 84.5 Å². The van der Waals surface area contributed by atoms with E-state index in [0.29, 0.717) is 18.3 Å². The Morgan fingerprint density at radius 2 is 1.70 bits per heavy atom. The maximum absolute atomic E-state index is 5.99. The van der Waals surface area contributed by atoms with E-state index in [0.717, 1.165) is 38.5 Å². The third-order valence-electron chi connectivity index (χ3n) is 3.81. The normalized spacial score (nSPS) is 27.1. The molecular formula is C17H35NO2. The molecule has 0 bridgehead atoms. The summed E-state index contributed by atoms with van der Waals surface area (Å²) < 4.78 is 11.7. The molecule has 1 rings (SSSR count). The van der Waals surface area contributed by atoms with E-state index in [9.17, 15) is 0 Å². The van der Waals surface area contributed by atoms with Crippen LogP contribution in [0.15, 0.2) is 0 Å². The first kappa shape index (κ1) is 17.9. The Balaban J connectivity index is 1.87. The van der Waals surface area contributed by atoms with E-state index in [1.54, 1.807) is 0 Å². The van der Waals surface area contributed by atoms with Crippen LogP contribution in [-0.2, 0) is 9.47 Å². The third kappa shape index (κ3) is 8.93. The van der Waals surface area contributed by atoms with Gasteiger partial charge in [-0.1, -0.05) is 26.7 Å².